The smallest absolute Gasteiger partial charge is 0.260 e. The number of pyridine rings is 1. The van der Waals surface area contributed by atoms with Crippen LogP contribution in [0.3, 0.4) is 0 Å². The predicted molar refractivity (Wildman–Crippen MR) is 145 cm³/mol. The fraction of sp³-hybridized carbons (Fsp3) is 0.296. The molecule has 1 aliphatic rings. The summed E-state index contributed by atoms with van der Waals surface area (Å²) in [5.41, 5.74) is 1.98. The molecule has 2 aromatic carbocycles. The van der Waals surface area contributed by atoms with Crippen molar-refractivity contribution >= 4 is 42.6 Å². The molecule has 4 aromatic rings. The quantitative estimate of drug-likeness (QED) is 0.326. The van der Waals surface area contributed by atoms with Gasteiger partial charge in [-0.25, -0.2) is 13.4 Å². The summed E-state index contributed by atoms with van der Waals surface area (Å²) < 4.78 is 34.2. The Morgan fingerprint density at radius 3 is 2.49 bits per heavy atom. The predicted octanol–water partition coefficient (Wildman–Crippen LogP) is 5.11. The third-order valence-electron chi connectivity index (χ3n) is 6.43. The Bertz CT molecular complexity index is 1480. The number of amides is 1. The minimum atomic E-state index is -3.59. The van der Waals surface area contributed by atoms with Crippen LogP contribution in [0.25, 0.3) is 10.2 Å². The number of thiazole rings is 1. The minimum Gasteiger partial charge on any atom is -0.497 e. The fourth-order valence-corrected chi connectivity index (χ4v) is 6.86. The van der Waals surface area contributed by atoms with Gasteiger partial charge in [-0.2, -0.15) is 4.31 Å². The summed E-state index contributed by atoms with van der Waals surface area (Å²) in [5.74, 6) is 0.421. The van der Waals surface area contributed by atoms with Crippen LogP contribution in [0.5, 0.6) is 5.75 Å². The van der Waals surface area contributed by atoms with Gasteiger partial charge < -0.3 is 4.74 Å². The fourth-order valence-electron chi connectivity index (χ4n) is 4.39. The van der Waals surface area contributed by atoms with Crippen molar-refractivity contribution in [2.24, 2.45) is 0 Å². The Morgan fingerprint density at radius 2 is 1.81 bits per heavy atom. The monoisotopic (exact) mass is 536 g/mol. The lowest BCUT2D eigenvalue weighted by Crippen LogP contribution is -2.32. The Balaban J connectivity index is 1.46. The van der Waals surface area contributed by atoms with Crippen LogP contribution in [-0.2, 0) is 16.6 Å². The van der Waals surface area contributed by atoms with Gasteiger partial charge in [-0.3, -0.25) is 14.7 Å². The molecule has 8 nitrogen and oxygen atoms in total. The number of hydrogen-bond donors (Lipinski definition) is 0. The Kier molecular flexibility index (Phi) is 7.50. The Labute approximate surface area is 220 Å². The number of anilines is 1. The molecule has 1 fully saturated rings. The van der Waals surface area contributed by atoms with Crippen molar-refractivity contribution in [3.05, 3.63) is 78.1 Å². The molecular weight excluding hydrogens is 508 g/mol. The molecule has 0 aliphatic carbocycles. The number of carbonyl (C=O) groups excluding carboxylic acids is 1. The van der Waals surface area contributed by atoms with Gasteiger partial charge in [0.25, 0.3) is 5.91 Å². The highest BCUT2D eigenvalue weighted by molar-refractivity contribution is 7.89. The molecule has 1 saturated heterocycles. The van der Waals surface area contributed by atoms with Crippen LogP contribution < -0.4 is 9.64 Å². The number of benzene rings is 2. The zero-order chi connectivity index (χ0) is 25.8. The summed E-state index contributed by atoms with van der Waals surface area (Å²) in [7, 11) is -1.99. The first-order valence-corrected chi connectivity index (χ1v) is 14.5. The summed E-state index contributed by atoms with van der Waals surface area (Å²) in [6.07, 6.45) is 7.23. The molecule has 10 heteroatoms. The lowest BCUT2D eigenvalue weighted by Gasteiger charge is -2.21. The number of rotatable bonds is 7. The van der Waals surface area contributed by atoms with Crippen molar-refractivity contribution in [3.63, 3.8) is 0 Å². The second kappa shape index (κ2) is 11.0. The van der Waals surface area contributed by atoms with Crippen LogP contribution in [0, 0.1) is 0 Å². The van der Waals surface area contributed by atoms with E-state index in [4.69, 9.17) is 9.72 Å². The summed E-state index contributed by atoms with van der Waals surface area (Å²) in [4.78, 5) is 24.4. The van der Waals surface area contributed by atoms with Gasteiger partial charge in [-0.15, -0.1) is 0 Å². The number of fused-ring (bicyclic) bond motifs is 1. The molecule has 0 atom stereocenters. The van der Waals surface area contributed by atoms with Crippen molar-refractivity contribution in [3.8, 4) is 5.75 Å². The van der Waals surface area contributed by atoms with E-state index >= 15 is 0 Å². The van der Waals surface area contributed by atoms with E-state index in [9.17, 15) is 13.2 Å². The number of nitrogens with zero attached hydrogens (tertiary/aromatic N) is 4. The first-order chi connectivity index (χ1) is 18.0. The maximum Gasteiger partial charge on any atom is 0.260 e. The molecular formula is C27H28N4O4S2. The van der Waals surface area contributed by atoms with E-state index in [1.807, 2.05) is 30.3 Å². The van der Waals surface area contributed by atoms with Crippen molar-refractivity contribution in [1.29, 1.82) is 0 Å². The van der Waals surface area contributed by atoms with Gasteiger partial charge in [-0.05, 0) is 60.9 Å². The summed E-state index contributed by atoms with van der Waals surface area (Å²) in [6, 6.07) is 15.6. The van der Waals surface area contributed by atoms with E-state index < -0.39 is 10.0 Å². The third kappa shape index (κ3) is 5.51. The largest absolute Gasteiger partial charge is 0.497 e. The van der Waals surface area contributed by atoms with Gasteiger partial charge in [-0.1, -0.05) is 30.2 Å². The SMILES string of the molecule is COc1ccc2sc(N(Cc3cccnc3)C(=O)c3ccc(S(=O)(=O)N4CCCCCC4)cc3)nc2c1. The summed E-state index contributed by atoms with van der Waals surface area (Å²) in [5, 5.41) is 0.540. The van der Waals surface area contributed by atoms with E-state index in [0.717, 1.165) is 41.5 Å². The molecule has 0 N–H and O–H groups in total. The Hall–Kier alpha value is -3.34. The van der Waals surface area contributed by atoms with Crippen molar-refractivity contribution in [2.45, 2.75) is 37.1 Å². The average Bonchev–Trinajstić information content (AvgIpc) is 3.14. The lowest BCUT2D eigenvalue weighted by atomic mass is 10.2. The van der Waals surface area contributed by atoms with Gasteiger partial charge in [0.2, 0.25) is 10.0 Å². The number of carbonyl (C=O) groups is 1. The topological polar surface area (TPSA) is 92.7 Å². The second-order valence-corrected chi connectivity index (χ2v) is 11.9. The molecule has 0 bridgehead atoms. The van der Waals surface area contributed by atoms with Gasteiger partial charge in [0.15, 0.2) is 5.13 Å². The van der Waals surface area contributed by atoms with E-state index in [1.54, 1.807) is 40.8 Å². The van der Waals surface area contributed by atoms with E-state index in [1.165, 1.54) is 23.5 Å². The minimum absolute atomic E-state index is 0.205. The maximum absolute atomic E-state index is 13.7. The summed E-state index contributed by atoms with van der Waals surface area (Å²) in [6.45, 7) is 1.34. The van der Waals surface area contributed by atoms with Gasteiger partial charge in [0, 0.05) is 37.1 Å². The van der Waals surface area contributed by atoms with Crippen LogP contribution in [0.4, 0.5) is 5.13 Å². The zero-order valence-corrected chi connectivity index (χ0v) is 22.2. The van der Waals surface area contributed by atoms with Gasteiger partial charge in [0.1, 0.15) is 5.75 Å². The standard InChI is InChI=1S/C27H28N4O4S2/c1-35-22-10-13-25-24(17-22)29-27(36-25)31(19-20-7-6-14-28-18-20)26(32)21-8-11-23(12-9-21)37(33,34)30-15-4-2-3-5-16-30/h6-14,17-18H,2-5,15-16,19H2,1H3. The number of ether oxygens (including phenoxy) is 1. The molecule has 1 amide bonds. The molecule has 0 saturated carbocycles. The molecule has 0 spiro atoms. The van der Waals surface area contributed by atoms with E-state index in [0.29, 0.717) is 29.5 Å². The normalized spacial score (nSPS) is 14.8. The highest BCUT2D eigenvalue weighted by Crippen LogP contribution is 2.33. The van der Waals surface area contributed by atoms with Crippen LogP contribution >= 0.6 is 11.3 Å². The maximum atomic E-state index is 13.7. The Morgan fingerprint density at radius 1 is 1.05 bits per heavy atom. The molecule has 1 aliphatic heterocycles. The molecule has 192 valence electrons. The summed E-state index contributed by atoms with van der Waals surface area (Å²) >= 11 is 1.41. The van der Waals surface area contributed by atoms with Crippen LogP contribution in [-0.4, -0.2) is 48.8 Å². The number of aromatic nitrogens is 2. The van der Waals surface area contributed by atoms with Gasteiger partial charge >= 0.3 is 0 Å². The van der Waals surface area contributed by atoms with E-state index in [2.05, 4.69) is 4.98 Å². The van der Waals surface area contributed by atoms with E-state index in [-0.39, 0.29) is 17.3 Å². The number of sulfonamides is 1. The number of hydrogen-bond acceptors (Lipinski definition) is 7. The first kappa shape index (κ1) is 25.3. The third-order valence-corrected chi connectivity index (χ3v) is 9.40. The van der Waals surface area contributed by atoms with Crippen molar-refractivity contribution in [1.82, 2.24) is 14.3 Å². The van der Waals surface area contributed by atoms with Crippen LogP contribution in [0.15, 0.2) is 71.9 Å². The molecule has 37 heavy (non-hydrogen) atoms. The molecule has 0 unspecified atom stereocenters. The van der Waals surface area contributed by atoms with Gasteiger partial charge in [0.05, 0.1) is 28.8 Å². The van der Waals surface area contributed by atoms with Crippen LogP contribution in [0.2, 0.25) is 0 Å². The molecule has 2 aromatic heterocycles. The number of methoxy groups -OCH3 is 1. The first-order valence-electron chi connectivity index (χ1n) is 12.2. The second-order valence-electron chi connectivity index (χ2n) is 8.93. The average molecular weight is 537 g/mol. The zero-order valence-electron chi connectivity index (χ0n) is 20.5. The lowest BCUT2D eigenvalue weighted by molar-refractivity contribution is 0.0985. The molecule has 5 rings (SSSR count). The van der Waals surface area contributed by atoms with Crippen molar-refractivity contribution in [2.75, 3.05) is 25.1 Å². The molecule has 3 heterocycles. The van der Waals surface area contributed by atoms with Crippen LogP contribution in [0.1, 0.15) is 41.6 Å². The highest BCUT2D eigenvalue weighted by atomic mass is 32.2. The highest BCUT2D eigenvalue weighted by Gasteiger charge is 2.27. The molecule has 0 radical (unpaired) electrons. The van der Waals surface area contributed by atoms with Crippen molar-refractivity contribution < 1.29 is 17.9 Å².